The van der Waals surface area contributed by atoms with E-state index < -0.39 is 11.9 Å². The molecule has 2 aromatic rings. The lowest BCUT2D eigenvalue weighted by Crippen LogP contribution is -2.38. The van der Waals surface area contributed by atoms with E-state index in [0.29, 0.717) is 11.4 Å². The van der Waals surface area contributed by atoms with Crippen LogP contribution < -0.4 is 9.64 Å². The van der Waals surface area contributed by atoms with Crippen LogP contribution in [0.2, 0.25) is 0 Å². The highest BCUT2D eigenvalue weighted by Crippen LogP contribution is 2.34. The second kappa shape index (κ2) is 7.45. The molecule has 1 heterocycles. The molecule has 0 radical (unpaired) electrons. The number of methoxy groups -OCH3 is 3. The Balaban J connectivity index is 2.19. The third kappa shape index (κ3) is 3.09. The van der Waals surface area contributed by atoms with Crippen molar-refractivity contribution < 1.29 is 28.5 Å². The zero-order valence-corrected chi connectivity index (χ0v) is 14.8. The van der Waals surface area contributed by atoms with Gasteiger partial charge in [-0.15, -0.1) is 0 Å². The predicted molar refractivity (Wildman–Crippen MR) is 94.9 cm³/mol. The lowest BCUT2D eigenvalue weighted by atomic mass is 10.1. The summed E-state index contributed by atoms with van der Waals surface area (Å²) < 4.78 is 20.6. The molecule has 1 aliphatic heterocycles. The quantitative estimate of drug-likeness (QED) is 0.777. The topological polar surface area (TPSA) is 74.3 Å². The lowest BCUT2D eigenvalue weighted by molar-refractivity contribution is -0.140. The maximum Gasteiger partial charge on any atom is 0.355 e. The van der Waals surface area contributed by atoms with Crippen molar-refractivity contribution in [2.75, 3.05) is 39.6 Å². The largest absolute Gasteiger partial charge is 0.496 e. The third-order valence-corrected chi connectivity index (χ3v) is 4.17. The second-order valence-corrected chi connectivity index (χ2v) is 5.59. The fourth-order valence-electron chi connectivity index (χ4n) is 2.93. The van der Waals surface area contributed by atoms with Crippen molar-refractivity contribution in [2.24, 2.45) is 0 Å². The minimum atomic E-state index is -0.638. The summed E-state index contributed by atoms with van der Waals surface area (Å²) in [5, 5.41) is 1.87. The minimum Gasteiger partial charge on any atom is -0.496 e. The summed E-state index contributed by atoms with van der Waals surface area (Å²) in [4.78, 5) is 26.1. The van der Waals surface area contributed by atoms with Crippen LogP contribution in [0.4, 0.5) is 5.69 Å². The SMILES string of the molecule is COC(=O)C1=C(C(=O)OC)N(c2cc(OC)c3ccccc3c2)COC1. The Bertz CT molecular complexity index is 889. The maximum absolute atomic E-state index is 12.4. The van der Waals surface area contributed by atoms with Gasteiger partial charge in [0.05, 0.1) is 33.5 Å². The molecule has 0 aromatic heterocycles. The Morgan fingerprint density at radius 1 is 1.04 bits per heavy atom. The van der Waals surface area contributed by atoms with Crippen LogP contribution >= 0.6 is 0 Å². The zero-order valence-electron chi connectivity index (χ0n) is 14.8. The number of hydrogen-bond donors (Lipinski definition) is 0. The molecule has 26 heavy (non-hydrogen) atoms. The fraction of sp³-hybridized carbons (Fsp3) is 0.263. The third-order valence-electron chi connectivity index (χ3n) is 4.17. The molecule has 0 amide bonds. The van der Waals surface area contributed by atoms with Crippen LogP contribution in [0.5, 0.6) is 5.75 Å². The van der Waals surface area contributed by atoms with E-state index in [1.54, 1.807) is 18.1 Å². The molecule has 0 unspecified atom stereocenters. The highest BCUT2D eigenvalue weighted by Gasteiger charge is 2.32. The molecule has 0 N–H and O–H groups in total. The number of rotatable bonds is 4. The number of carbonyl (C=O) groups is 2. The van der Waals surface area contributed by atoms with Crippen LogP contribution in [-0.4, -0.2) is 46.6 Å². The van der Waals surface area contributed by atoms with E-state index in [1.165, 1.54) is 14.2 Å². The van der Waals surface area contributed by atoms with Gasteiger partial charge >= 0.3 is 11.9 Å². The van der Waals surface area contributed by atoms with Crippen LogP contribution in [0.25, 0.3) is 10.8 Å². The highest BCUT2D eigenvalue weighted by molar-refractivity contribution is 6.04. The average molecular weight is 357 g/mol. The van der Waals surface area contributed by atoms with Gasteiger partial charge in [0.25, 0.3) is 0 Å². The van der Waals surface area contributed by atoms with E-state index >= 15 is 0 Å². The van der Waals surface area contributed by atoms with Crippen molar-refractivity contribution in [3.8, 4) is 5.75 Å². The van der Waals surface area contributed by atoms with Gasteiger partial charge < -0.3 is 23.8 Å². The molecule has 3 rings (SSSR count). The van der Waals surface area contributed by atoms with Gasteiger partial charge in [0, 0.05) is 17.1 Å². The average Bonchev–Trinajstić information content (AvgIpc) is 2.71. The van der Waals surface area contributed by atoms with E-state index in [9.17, 15) is 9.59 Å². The molecule has 0 fully saturated rings. The van der Waals surface area contributed by atoms with Crippen LogP contribution in [0.15, 0.2) is 47.7 Å². The van der Waals surface area contributed by atoms with Crippen molar-refractivity contribution in [1.82, 2.24) is 0 Å². The summed E-state index contributed by atoms with van der Waals surface area (Å²) in [6.45, 7) is 0.0603. The van der Waals surface area contributed by atoms with Crippen molar-refractivity contribution in [2.45, 2.75) is 0 Å². The van der Waals surface area contributed by atoms with Gasteiger partial charge in [-0.2, -0.15) is 0 Å². The molecular formula is C19H19NO6. The Hall–Kier alpha value is -3.06. The summed E-state index contributed by atoms with van der Waals surface area (Å²) in [5.74, 6) is -0.629. The van der Waals surface area contributed by atoms with Crippen molar-refractivity contribution in [1.29, 1.82) is 0 Å². The molecule has 0 bridgehead atoms. The normalized spacial score (nSPS) is 14.3. The molecule has 136 valence electrons. The van der Waals surface area contributed by atoms with E-state index in [2.05, 4.69) is 0 Å². The van der Waals surface area contributed by atoms with Gasteiger partial charge in [0.2, 0.25) is 0 Å². The van der Waals surface area contributed by atoms with Crippen LogP contribution in [0.3, 0.4) is 0 Å². The molecule has 0 atom stereocenters. The standard InChI is InChI=1S/C19H19NO6/c1-23-16-9-13(8-12-6-4-5-7-14(12)16)20-11-26-10-15(18(21)24-2)17(20)19(22)25-3/h4-9H,10-11H2,1-3H3. The zero-order chi connectivity index (χ0) is 18.7. The van der Waals surface area contributed by atoms with Crippen LogP contribution in [0, 0.1) is 0 Å². The molecular weight excluding hydrogens is 338 g/mol. The first-order valence-electron chi connectivity index (χ1n) is 7.92. The Morgan fingerprint density at radius 2 is 1.77 bits per heavy atom. The van der Waals surface area contributed by atoms with Gasteiger partial charge in [-0.05, 0) is 11.5 Å². The highest BCUT2D eigenvalue weighted by atomic mass is 16.5. The molecule has 7 nitrogen and oxygen atoms in total. The lowest BCUT2D eigenvalue weighted by Gasteiger charge is -2.31. The van der Waals surface area contributed by atoms with Crippen LogP contribution in [0.1, 0.15) is 0 Å². The van der Waals surface area contributed by atoms with Gasteiger partial charge in [-0.3, -0.25) is 0 Å². The van der Waals surface area contributed by atoms with Crippen molar-refractivity contribution in [3.63, 3.8) is 0 Å². The van der Waals surface area contributed by atoms with Gasteiger partial charge in [0.1, 0.15) is 18.2 Å². The fourth-order valence-corrected chi connectivity index (χ4v) is 2.93. The number of fused-ring (bicyclic) bond motifs is 1. The molecule has 0 aliphatic carbocycles. The Labute approximate surface area is 150 Å². The number of benzene rings is 2. The number of carbonyl (C=O) groups excluding carboxylic acids is 2. The smallest absolute Gasteiger partial charge is 0.355 e. The maximum atomic E-state index is 12.4. The van der Waals surface area contributed by atoms with E-state index in [0.717, 1.165) is 10.8 Å². The summed E-state index contributed by atoms with van der Waals surface area (Å²) >= 11 is 0. The molecule has 2 aromatic carbocycles. The first-order valence-corrected chi connectivity index (χ1v) is 7.92. The first kappa shape index (κ1) is 17.8. The number of hydrogen-bond acceptors (Lipinski definition) is 7. The first-order chi connectivity index (χ1) is 12.6. The second-order valence-electron chi connectivity index (χ2n) is 5.59. The summed E-state index contributed by atoms with van der Waals surface area (Å²) in [6.07, 6.45) is 0. The van der Waals surface area contributed by atoms with Crippen molar-refractivity contribution >= 4 is 28.4 Å². The number of anilines is 1. The van der Waals surface area contributed by atoms with Gasteiger partial charge in [-0.1, -0.05) is 24.3 Å². The summed E-state index contributed by atoms with van der Waals surface area (Å²) in [5.41, 5.74) is 0.850. The van der Waals surface area contributed by atoms with Crippen LogP contribution in [-0.2, 0) is 23.8 Å². The summed E-state index contributed by atoms with van der Waals surface area (Å²) in [7, 11) is 4.09. The van der Waals surface area contributed by atoms with Gasteiger partial charge in [0.15, 0.2) is 0 Å². The molecule has 1 aliphatic rings. The predicted octanol–water partition coefficient (Wildman–Crippen LogP) is 2.24. The van der Waals surface area contributed by atoms with E-state index in [-0.39, 0.29) is 24.6 Å². The Morgan fingerprint density at radius 3 is 2.46 bits per heavy atom. The van der Waals surface area contributed by atoms with Crippen molar-refractivity contribution in [3.05, 3.63) is 47.7 Å². The molecule has 0 saturated carbocycles. The minimum absolute atomic E-state index is 0.0294. The summed E-state index contributed by atoms with van der Waals surface area (Å²) in [6, 6.07) is 11.4. The monoisotopic (exact) mass is 357 g/mol. The Kier molecular flexibility index (Phi) is 5.09. The van der Waals surface area contributed by atoms with E-state index in [4.69, 9.17) is 18.9 Å². The molecule has 0 spiro atoms. The number of nitrogens with zero attached hydrogens (tertiary/aromatic N) is 1. The number of ether oxygens (including phenoxy) is 4. The number of esters is 2. The molecule has 7 heteroatoms. The van der Waals surface area contributed by atoms with E-state index in [1.807, 2.05) is 30.3 Å². The van der Waals surface area contributed by atoms with Gasteiger partial charge in [-0.25, -0.2) is 9.59 Å². The molecule has 0 saturated heterocycles.